The normalized spacial score (nSPS) is 14.5. The lowest BCUT2D eigenvalue weighted by Crippen LogP contribution is -2.30. The number of fused-ring (bicyclic) bond motifs is 1. The molecule has 1 saturated heterocycles. The van der Waals surface area contributed by atoms with Gasteiger partial charge in [-0.1, -0.05) is 36.0 Å². The summed E-state index contributed by atoms with van der Waals surface area (Å²) in [7, 11) is 0. The third-order valence-electron chi connectivity index (χ3n) is 4.48. The number of nitrogens with one attached hydrogen (secondary N) is 1. The van der Waals surface area contributed by atoms with E-state index in [4.69, 9.17) is 4.42 Å². The number of aromatic nitrogens is 1. The van der Waals surface area contributed by atoms with Crippen molar-refractivity contribution in [2.45, 2.75) is 24.5 Å². The van der Waals surface area contributed by atoms with Crippen LogP contribution in [0.5, 0.6) is 0 Å². The second-order valence-electron chi connectivity index (χ2n) is 6.35. The van der Waals surface area contributed by atoms with E-state index in [1.54, 1.807) is 0 Å². The summed E-state index contributed by atoms with van der Waals surface area (Å²) in [5, 5.41) is 3.56. The summed E-state index contributed by atoms with van der Waals surface area (Å²) in [6.45, 7) is 2.09. The summed E-state index contributed by atoms with van der Waals surface area (Å²) in [5.74, 6) is 0.211. The summed E-state index contributed by atoms with van der Waals surface area (Å²) in [6, 6.07) is 15.6. The molecule has 1 aliphatic rings. The first-order valence-electron chi connectivity index (χ1n) is 8.92. The van der Waals surface area contributed by atoms with Crippen molar-refractivity contribution < 1.29 is 9.21 Å². The summed E-state index contributed by atoms with van der Waals surface area (Å²) in [5.41, 5.74) is 3.53. The molecule has 1 aliphatic heterocycles. The van der Waals surface area contributed by atoms with Crippen LogP contribution in [-0.4, -0.2) is 29.7 Å². The predicted octanol–water partition coefficient (Wildman–Crippen LogP) is 4.55. The van der Waals surface area contributed by atoms with Gasteiger partial charge in [0.25, 0.3) is 5.22 Å². The van der Waals surface area contributed by atoms with Crippen molar-refractivity contribution in [2.75, 3.05) is 29.1 Å². The Morgan fingerprint density at radius 1 is 1.08 bits per heavy atom. The summed E-state index contributed by atoms with van der Waals surface area (Å²) in [6.07, 6.45) is 3.69. The Morgan fingerprint density at radius 2 is 1.85 bits per heavy atom. The summed E-state index contributed by atoms with van der Waals surface area (Å²) in [4.78, 5) is 19.2. The summed E-state index contributed by atoms with van der Waals surface area (Å²) < 4.78 is 5.65. The Hall–Kier alpha value is -2.47. The zero-order valence-electron chi connectivity index (χ0n) is 14.5. The lowest BCUT2D eigenvalue weighted by molar-refractivity contribution is -0.113. The SMILES string of the molecule is O=C(CSc1nc2ccccc2o1)Nc1ccccc1N1CCCCC1. The number of benzene rings is 2. The Balaban J connectivity index is 1.40. The molecule has 0 radical (unpaired) electrons. The molecular weight excluding hydrogens is 346 g/mol. The minimum atomic E-state index is -0.0540. The number of rotatable bonds is 5. The van der Waals surface area contributed by atoms with E-state index in [0.717, 1.165) is 35.6 Å². The van der Waals surface area contributed by atoms with E-state index in [1.165, 1.54) is 31.0 Å². The fraction of sp³-hybridized carbons (Fsp3) is 0.300. The molecule has 4 rings (SSSR count). The van der Waals surface area contributed by atoms with Gasteiger partial charge in [0, 0.05) is 13.1 Å². The van der Waals surface area contributed by atoms with Crippen LogP contribution >= 0.6 is 11.8 Å². The molecule has 2 heterocycles. The van der Waals surface area contributed by atoms with Gasteiger partial charge in [0.1, 0.15) is 5.52 Å². The van der Waals surface area contributed by atoms with E-state index >= 15 is 0 Å². The van der Waals surface area contributed by atoms with E-state index in [0.29, 0.717) is 5.22 Å². The largest absolute Gasteiger partial charge is 0.431 e. The van der Waals surface area contributed by atoms with Crippen LogP contribution in [0.15, 0.2) is 58.2 Å². The number of carbonyl (C=O) groups is 1. The van der Waals surface area contributed by atoms with Gasteiger partial charge in [-0.3, -0.25) is 4.79 Å². The third-order valence-corrected chi connectivity index (χ3v) is 5.30. The minimum Gasteiger partial charge on any atom is -0.431 e. The minimum absolute atomic E-state index is 0.0540. The van der Waals surface area contributed by atoms with Gasteiger partial charge in [-0.05, 0) is 43.5 Å². The van der Waals surface area contributed by atoms with Crippen LogP contribution in [0.25, 0.3) is 11.1 Å². The van der Waals surface area contributed by atoms with Crippen molar-refractivity contribution in [3.8, 4) is 0 Å². The summed E-state index contributed by atoms with van der Waals surface area (Å²) >= 11 is 1.31. The molecule has 3 aromatic rings. The molecule has 0 aliphatic carbocycles. The maximum absolute atomic E-state index is 12.4. The topological polar surface area (TPSA) is 58.4 Å². The second-order valence-corrected chi connectivity index (χ2v) is 7.28. The van der Waals surface area contributed by atoms with Crippen LogP contribution in [-0.2, 0) is 4.79 Å². The lowest BCUT2D eigenvalue weighted by atomic mass is 10.1. The predicted molar refractivity (Wildman–Crippen MR) is 106 cm³/mol. The number of hydrogen-bond acceptors (Lipinski definition) is 5. The highest BCUT2D eigenvalue weighted by atomic mass is 32.2. The van der Waals surface area contributed by atoms with Gasteiger partial charge >= 0.3 is 0 Å². The van der Waals surface area contributed by atoms with Crippen molar-refractivity contribution in [3.63, 3.8) is 0 Å². The van der Waals surface area contributed by atoms with Gasteiger partial charge in [-0.2, -0.15) is 0 Å². The number of thioether (sulfide) groups is 1. The van der Waals surface area contributed by atoms with Gasteiger partial charge in [-0.15, -0.1) is 0 Å². The number of piperidine rings is 1. The fourth-order valence-corrected chi connectivity index (χ4v) is 3.85. The maximum Gasteiger partial charge on any atom is 0.257 e. The molecular formula is C20H21N3O2S. The van der Waals surface area contributed by atoms with Crippen LogP contribution in [0.4, 0.5) is 11.4 Å². The van der Waals surface area contributed by atoms with Gasteiger partial charge in [0.15, 0.2) is 5.58 Å². The van der Waals surface area contributed by atoms with Crippen LogP contribution in [0, 0.1) is 0 Å². The first-order chi connectivity index (χ1) is 12.8. The molecule has 0 atom stereocenters. The van der Waals surface area contributed by atoms with Crippen molar-refractivity contribution >= 4 is 40.1 Å². The Morgan fingerprint density at radius 3 is 2.69 bits per heavy atom. The quantitative estimate of drug-likeness (QED) is 0.671. The Labute approximate surface area is 156 Å². The number of amides is 1. The first-order valence-corrected chi connectivity index (χ1v) is 9.90. The molecule has 0 unspecified atom stereocenters. The molecule has 26 heavy (non-hydrogen) atoms. The van der Waals surface area contributed by atoms with Gasteiger partial charge in [0.2, 0.25) is 5.91 Å². The van der Waals surface area contributed by atoms with E-state index in [2.05, 4.69) is 21.3 Å². The van der Waals surface area contributed by atoms with Crippen molar-refractivity contribution in [2.24, 2.45) is 0 Å². The van der Waals surface area contributed by atoms with Gasteiger partial charge < -0.3 is 14.6 Å². The van der Waals surface area contributed by atoms with Crippen LogP contribution in [0.1, 0.15) is 19.3 Å². The van der Waals surface area contributed by atoms with Gasteiger partial charge in [-0.25, -0.2) is 4.98 Å². The molecule has 0 saturated carbocycles. The van der Waals surface area contributed by atoms with Gasteiger partial charge in [0.05, 0.1) is 17.1 Å². The van der Waals surface area contributed by atoms with E-state index < -0.39 is 0 Å². The van der Waals surface area contributed by atoms with Crippen molar-refractivity contribution in [3.05, 3.63) is 48.5 Å². The molecule has 134 valence electrons. The standard InChI is InChI=1S/C20H21N3O2S/c24-19(14-26-20-22-16-9-3-5-11-18(16)25-20)21-15-8-2-4-10-17(15)23-12-6-1-7-13-23/h2-5,8-11H,1,6-7,12-14H2,(H,21,24). The third kappa shape index (κ3) is 3.85. The first kappa shape index (κ1) is 17.0. The average molecular weight is 367 g/mol. The number of carbonyl (C=O) groups excluding carboxylic acids is 1. The monoisotopic (exact) mass is 367 g/mol. The molecule has 6 heteroatoms. The molecule has 2 aromatic carbocycles. The highest BCUT2D eigenvalue weighted by molar-refractivity contribution is 7.99. The second kappa shape index (κ2) is 7.83. The highest BCUT2D eigenvalue weighted by Gasteiger charge is 2.16. The van der Waals surface area contributed by atoms with E-state index in [1.807, 2.05) is 42.5 Å². The molecule has 1 aromatic heterocycles. The Kier molecular flexibility index (Phi) is 5.11. The Bertz CT molecular complexity index is 870. The highest BCUT2D eigenvalue weighted by Crippen LogP contribution is 2.29. The average Bonchev–Trinajstić information content (AvgIpc) is 3.11. The molecule has 0 bridgehead atoms. The molecule has 5 nitrogen and oxygen atoms in total. The molecule has 1 N–H and O–H groups in total. The maximum atomic E-state index is 12.4. The molecule has 0 spiro atoms. The van der Waals surface area contributed by atoms with Crippen LogP contribution in [0.3, 0.4) is 0 Å². The molecule has 1 fully saturated rings. The van der Waals surface area contributed by atoms with E-state index in [9.17, 15) is 4.79 Å². The number of para-hydroxylation sites is 4. The number of hydrogen-bond donors (Lipinski definition) is 1. The zero-order chi connectivity index (χ0) is 17.8. The van der Waals surface area contributed by atoms with E-state index in [-0.39, 0.29) is 11.7 Å². The fourth-order valence-electron chi connectivity index (χ4n) is 3.22. The number of anilines is 2. The smallest absolute Gasteiger partial charge is 0.257 e. The van der Waals surface area contributed by atoms with Crippen molar-refractivity contribution in [1.29, 1.82) is 0 Å². The molecule has 1 amide bonds. The number of nitrogens with zero attached hydrogens (tertiary/aromatic N) is 2. The zero-order valence-corrected chi connectivity index (χ0v) is 15.3. The van der Waals surface area contributed by atoms with Crippen LogP contribution < -0.4 is 10.2 Å². The van der Waals surface area contributed by atoms with Crippen molar-refractivity contribution in [1.82, 2.24) is 4.98 Å². The van der Waals surface area contributed by atoms with Crippen LogP contribution in [0.2, 0.25) is 0 Å². The lowest BCUT2D eigenvalue weighted by Gasteiger charge is -2.30. The number of oxazole rings is 1.